The molecule has 0 atom stereocenters. The second kappa shape index (κ2) is 4.66. The third kappa shape index (κ3) is 3.29. The molecule has 5 nitrogen and oxygen atoms in total. The van der Waals surface area contributed by atoms with Gasteiger partial charge < -0.3 is 5.32 Å². The van der Waals surface area contributed by atoms with Gasteiger partial charge in [-0.3, -0.25) is 9.48 Å². The highest BCUT2D eigenvalue weighted by Crippen LogP contribution is 1.99. The van der Waals surface area contributed by atoms with E-state index in [2.05, 4.69) is 15.6 Å². The Bertz CT molecular complexity index is 320. The van der Waals surface area contributed by atoms with Crippen molar-refractivity contribution in [2.24, 2.45) is 7.05 Å². The molecule has 1 heterocycles. The zero-order valence-corrected chi connectivity index (χ0v) is 8.21. The lowest BCUT2D eigenvalue weighted by atomic mass is 10.5. The number of anilines is 1. The number of nitrogens with zero attached hydrogens (tertiary/aromatic N) is 3. The summed E-state index contributed by atoms with van der Waals surface area (Å²) >= 11 is 1.46. The van der Waals surface area contributed by atoms with Gasteiger partial charge in [-0.2, -0.15) is 0 Å². The number of rotatable bonds is 3. The summed E-state index contributed by atoms with van der Waals surface area (Å²) in [5, 5.41) is 11.6. The van der Waals surface area contributed by atoms with Gasteiger partial charge in [0, 0.05) is 13.1 Å². The predicted molar refractivity (Wildman–Crippen MR) is 52.3 cm³/mol. The van der Waals surface area contributed by atoms with Crippen LogP contribution in [0.3, 0.4) is 0 Å². The zero-order chi connectivity index (χ0) is 9.68. The van der Waals surface area contributed by atoms with E-state index in [1.165, 1.54) is 22.5 Å². The molecule has 1 N–H and O–H groups in total. The Balaban J connectivity index is 2.50. The van der Waals surface area contributed by atoms with E-state index in [0.29, 0.717) is 5.82 Å². The van der Waals surface area contributed by atoms with E-state index in [1.807, 2.05) is 6.26 Å². The lowest BCUT2D eigenvalue weighted by Crippen LogP contribution is -2.07. The number of nitrogens with one attached hydrogen (secondary N) is 1. The van der Waals surface area contributed by atoms with Gasteiger partial charge in [-0.05, 0) is 11.7 Å². The summed E-state index contributed by atoms with van der Waals surface area (Å²) in [7, 11) is 1.74. The second-order valence-electron chi connectivity index (χ2n) is 2.31. The largest absolute Gasteiger partial charge is 0.304 e. The molecule has 0 aliphatic carbocycles. The Kier molecular flexibility index (Phi) is 3.51. The van der Waals surface area contributed by atoms with Crippen LogP contribution in [0.15, 0.2) is 17.7 Å². The quantitative estimate of drug-likeness (QED) is 0.724. The highest BCUT2D eigenvalue weighted by Gasteiger charge is 2.00. The molecule has 1 aromatic heterocycles. The molecule has 0 fully saturated rings. The standard InChI is InChI=1S/C7H10N4OS/c1-11-5-6(9-10-11)8-7(12)3-4-13-2/h3-5H,1-2H3,(H,8,12)/b4-3+. The Hall–Kier alpha value is -1.30. The maximum atomic E-state index is 11.1. The molecule has 1 amide bonds. The Morgan fingerprint density at radius 3 is 3.08 bits per heavy atom. The summed E-state index contributed by atoms with van der Waals surface area (Å²) in [6.45, 7) is 0. The van der Waals surface area contributed by atoms with Crippen molar-refractivity contribution in [2.75, 3.05) is 11.6 Å². The Labute approximate surface area is 80.2 Å². The van der Waals surface area contributed by atoms with Gasteiger partial charge in [0.25, 0.3) is 0 Å². The molecular formula is C7H10N4OS. The topological polar surface area (TPSA) is 59.8 Å². The third-order valence-electron chi connectivity index (χ3n) is 1.21. The first-order valence-corrected chi connectivity index (χ1v) is 4.88. The average Bonchev–Trinajstić information content (AvgIpc) is 2.48. The predicted octanol–water partition coefficient (Wildman–Crippen LogP) is 0.630. The van der Waals surface area contributed by atoms with Crippen LogP contribution in [0.1, 0.15) is 0 Å². The maximum Gasteiger partial charge on any atom is 0.250 e. The summed E-state index contributed by atoms with van der Waals surface area (Å²) in [6, 6.07) is 0. The normalized spacial score (nSPS) is 10.6. The van der Waals surface area contributed by atoms with Crippen LogP contribution < -0.4 is 5.32 Å². The van der Waals surface area contributed by atoms with Crippen LogP contribution in [-0.4, -0.2) is 27.2 Å². The van der Waals surface area contributed by atoms with Crippen molar-refractivity contribution in [3.05, 3.63) is 17.7 Å². The molecule has 13 heavy (non-hydrogen) atoms. The number of thioether (sulfide) groups is 1. The van der Waals surface area contributed by atoms with E-state index in [9.17, 15) is 4.79 Å². The number of amides is 1. The molecule has 70 valence electrons. The SMILES string of the molecule is CS/C=C/C(=O)Nc1cn(C)nn1. The van der Waals surface area contributed by atoms with Crippen LogP contribution in [-0.2, 0) is 11.8 Å². The Morgan fingerprint density at radius 2 is 2.54 bits per heavy atom. The number of hydrogen-bond donors (Lipinski definition) is 1. The van der Waals surface area contributed by atoms with Crippen molar-refractivity contribution in [2.45, 2.75) is 0 Å². The monoisotopic (exact) mass is 198 g/mol. The fourth-order valence-corrected chi connectivity index (χ4v) is 0.962. The van der Waals surface area contributed by atoms with Gasteiger partial charge >= 0.3 is 0 Å². The molecule has 0 aliphatic rings. The molecule has 0 saturated carbocycles. The summed E-state index contributed by atoms with van der Waals surface area (Å²) in [4.78, 5) is 11.1. The fraction of sp³-hybridized carbons (Fsp3) is 0.286. The number of carbonyl (C=O) groups excluding carboxylic acids is 1. The molecule has 1 aromatic rings. The van der Waals surface area contributed by atoms with Gasteiger partial charge in [-0.1, -0.05) is 5.21 Å². The molecule has 0 saturated heterocycles. The van der Waals surface area contributed by atoms with Crippen molar-refractivity contribution in [3.63, 3.8) is 0 Å². The molecule has 0 bridgehead atoms. The van der Waals surface area contributed by atoms with Crippen molar-refractivity contribution in [3.8, 4) is 0 Å². The summed E-state index contributed by atoms with van der Waals surface area (Å²) in [5.74, 6) is 0.258. The minimum atomic E-state index is -0.199. The smallest absolute Gasteiger partial charge is 0.250 e. The van der Waals surface area contributed by atoms with Crippen LogP contribution in [0.4, 0.5) is 5.82 Å². The van der Waals surface area contributed by atoms with Gasteiger partial charge in [0.1, 0.15) is 0 Å². The minimum Gasteiger partial charge on any atom is -0.304 e. The number of carbonyl (C=O) groups is 1. The lowest BCUT2D eigenvalue weighted by molar-refractivity contribution is -0.111. The van der Waals surface area contributed by atoms with Gasteiger partial charge in [0.2, 0.25) is 5.91 Å². The zero-order valence-electron chi connectivity index (χ0n) is 7.39. The van der Waals surface area contributed by atoms with Crippen LogP contribution in [0.25, 0.3) is 0 Å². The van der Waals surface area contributed by atoms with Crippen molar-refractivity contribution in [1.82, 2.24) is 15.0 Å². The summed E-state index contributed by atoms with van der Waals surface area (Å²) < 4.78 is 1.52. The highest BCUT2D eigenvalue weighted by molar-refractivity contribution is 8.01. The molecule has 0 unspecified atom stereocenters. The minimum absolute atomic E-state index is 0.199. The van der Waals surface area contributed by atoms with E-state index in [4.69, 9.17) is 0 Å². The van der Waals surface area contributed by atoms with Gasteiger partial charge in [-0.15, -0.1) is 16.9 Å². The molecule has 1 rings (SSSR count). The highest BCUT2D eigenvalue weighted by atomic mass is 32.2. The average molecular weight is 198 g/mol. The van der Waals surface area contributed by atoms with Crippen LogP contribution in [0, 0.1) is 0 Å². The lowest BCUT2D eigenvalue weighted by Gasteiger charge is -1.93. The molecule has 0 aromatic carbocycles. The first kappa shape index (κ1) is 9.79. The van der Waals surface area contributed by atoms with Gasteiger partial charge in [-0.25, -0.2) is 0 Å². The van der Waals surface area contributed by atoms with Crippen LogP contribution in [0.2, 0.25) is 0 Å². The summed E-state index contributed by atoms with van der Waals surface area (Å²) in [6.07, 6.45) is 4.95. The van der Waals surface area contributed by atoms with E-state index in [1.54, 1.807) is 18.7 Å². The van der Waals surface area contributed by atoms with E-state index < -0.39 is 0 Å². The van der Waals surface area contributed by atoms with Crippen molar-refractivity contribution >= 4 is 23.5 Å². The second-order valence-corrected chi connectivity index (χ2v) is 3.05. The third-order valence-corrected chi connectivity index (χ3v) is 1.62. The van der Waals surface area contributed by atoms with E-state index in [0.717, 1.165) is 0 Å². The number of hydrogen-bond acceptors (Lipinski definition) is 4. The van der Waals surface area contributed by atoms with Crippen LogP contribution >= 0.6 is 11.8 Å². The molecule has 0 radical (unpaired) electrons. The molecule has 0 aliphatic heterocycles. The Morgan fingerprint density at radius 1 is 1.77 bits per heavy atom. The first-order valence-electron chi connectivity index (χ1n) is 3.59. The number of aromatic nitrogens is 3. The van der Waals surface area contributed by atoms with Crippen LogP contribution in [0.5, 0.6) is 0 Å². The molecule has 6 heteroatoms. The first-order chi connectivity index (χ1) is 6.22. The maximum absolute atomic E-state index is 11.1. The fourth-order valence-electron chi connectivity index (χ4n) is 0.702. The summed E-state index contributed by atoms with van der Waals surface area (Å²) in [5.41, 5.74) is 0. The molecule has 0 spiro atoms. The van der Waals surface area contributed by atoms with E-state index >= 15 is 0 Å². The van der Waals surface area contributed by atoms with Crippen molar-refractivity contribution < 1.29 is 4.79 Å². The molecular weight excluding hydrogens is 188 g/mol. The van der Waals surface area contributed by atoms with E-state index in [-0.39, 0.29) is 5.91 Å². The van der Waals surface area contributed by atoms with Crippen molar-refractivity contribution in [1.29, 1.82) is 0 Å². The number of aryl methyl sites for hydroxylation is 1. The van der Waals surface area contributed by atoms with Gasteiger partial charge in [0.15, 0.2) is 5.82 Å². The van der Waals surface area contributed by atoms with Gasteiger partial charge in [0.05, 0.1) is 6.20 Å².